The van der Waals surface area contributed by atoms with Gasteiger partial charge in [0, 0.05) is 24.7 Å². The fourth-order valence-corrected chi connectivity index (χ4v) is 3.24. The third-order valence-corrected chi connectivity index (χ3v) is 4.98. The first-order valence-corrected chi connectivity index (χ1v) is 10.5. The van der Waals surface area contributed by atoms with Crippen LogP contribution in [0, 0.1) is 0 Å². The second kappa shape index (κ2) is 9.49. The van der Waals surface area contributed by atoms with Gasteiger partial charge in [-0.1, -0.05) is 32.9 Å². The summed E-state index contributed by atoms with van der Waals surface area (Å²) in [5, 5.41) is 5.56. The Labute approximate surface area is 179 Å². The van der Waals surface area contributed by atoms with Crippen LogP contribution in [0.1, 0.15) is 70.3 Å². The molecule has 2 N–H and O–H groups in total. The standard InChI is InChI=1S/C23H35N3O4/c1-22(2,3)17-9-7-16(8-10-17)20(28)25-18-11-13-26(14-12-18)19(27)15-24-21(29)30-23(4,5)6/h7-10,18H,11-15H2,1-6H3,(H,24,29)(H,25,28). The normalized spacial score (nSPS) is 15.5. The number of carbonyl (C=O) groups is 3. The van der Waals surface area contributed by atoms with Gasteiger partial charge in [0.05, 0.1) is 0 Å². The molecule has 2 rings (SSSR count). The predicted molar refractivity (Wildman–Crippen MR) is 116 cm³/mol. The van der Waals surface area contributed by atoms with Gasteiger partial charge in [-0.25, -0.2) is 4.79 Å². The van der Waals surface area contributed by atoms with E-state index in [9.17, 15) is 14.4 Å². The maximum absolute atomic E-state index is 12.5. The average Bonchev–Trinajstić information content (AvgIpc) is 2.64. The number of rotatable bonds is 4. The molecular formula is C23H35N3O4. The first kappa shape index (κ1) is 23.7. The summed E-state index contributed by atoms with van der Waals surface area (Å²) in [6, 6.07) is 7.73. The van der Waals surface area contributed by atoms with Crippen LogP contribution >= 0.6 is 0 Å². The Kier molecular flexibility index (Phi) is 7.50. The van der Waals surface area contributed by atoms with Crippen LogP contribution in [0.5, 0.6) is 0 Å². The SMILES string of the molecule is CC(C)(C)OC(=O)NCC(=O)N1CCC(NC(=O)c2ccc(C(C)(C)C)cc2)CC1. The topological polar surface area (TPSA) is 87.7 Å². The lowest BCUT2D eigenvalue weighted by atomic mass is 9.86. The van der Waals surface area contributed by atoms with E-state index in [4.69, 9.17) is 4.74 Å². The first-order chi connectivity index (χ1) is 13.8. The summed E-state index contributed by atoms with van der Waals surface area (Å²) in [5.74, 6) is -0.241. The minimum Gasteiger partial charge on any atom is -0.444 e. The molecular weight excluding hydrogens is 382 g/mol. The summed E-state index contributed by atoms with van der Waals surface area (Å²) in [4.78, 5) is 38.2. The van der Waals surface area contributed by atoms with E-state index in [1.165, 1.54) is 5.56 Å². The van der Waals surface area contributed by atoms with E-state index in [1.807, 2.05) is 24.3 Å². The van der Waals surface area contributed by atoms with Crippen LogP contribution in [0.15, 0.2) is 24.3 Å². The predicted octanol–water partition coefficient (Wildman–Crippen LogP) is 3.23. The van der Waals surface area contributed by atoms with Crippen molar-refractivity contribution in [1.82, 2.24) is 15.5 Å². The molecule has 1 aliphatic heterocycles. The number of likely N-dealkylation sites (tertiary alicyclic amines) is 1. The van der Waals surface area contributed by atoms with E-state index in [0.717, 1.165) is 0 Å². The highest BCUT2D eigenvalue weighted by Crippen LogP contribution is 2.22. The van der Waals surface area contributed by atoms with Gasteiger partial charge in [-0.2, -0.15) is 0 Å². The van der Waals surface area contributed by atoms with Gasteiger partial charge >= 0.3 is 6.09 Å². The summed E-state index contributed by atoms with van der Waals surface area (Å²) in [6.07, 6.45) is 0.768. The fourth-order valence-electron chi connectivity index (χ4n) is 3.24. The van der Waals surface area contributed by atoms with E-state index in [2.05, 4.69) is 31.4 Å². The van der Waals surface area contributed by atoms with Gasteiger partial charge in [-0.3, -0.25) is 9.59 Å². The highest BCUT2D eigenvalue weighted by atomic mass is 16.6. The minimum atomic E-state index is -0.601. The van der Waals surface area contributed by atoms with Crippen LogP contribution in [0.25, 0.3) is 0 Å². The van der Waals surface area contributed by atoms with Crippen molar-refractivity contribution in [3.05, 3.63) is 35.4 Å². The van der Waals surface area contributed by atoms with Gasteiger partial charge in [0.15, 0.2) is 0 Å². The molecule has 0 unspecified atom stereocenters. The molecule has 0 saturated carbocycles. The smallest absolute Gasteiger partial charge is 0.408 e. The van der Waals surface area contributed by atoms with Crippen molar-refractivity contribution < 1.29 is 19.1 Å². The van der Waals surface area contributed by atoms with Crippen molar-refractivity contribution >= 4 is 17.9 Å². The van der Waals surface area contributed by atoms with Crippen LogP contribution in [-0.4, -0.2) is 54.1 Å². The Hall–Kier alpha value is -2.57. The first-order valence-electron chi connectivity index (χ1n) is 10.5. The molecule has 0 aromatic heterocycles. The van der Waals surface area contributed by atoms with E-state index >= 15 is 0 Å². The lowest BCUT2D eigenvalue weighted by Gasteiger charge is -2.32. The zero-order valence-corrected chi connectivity index (χ0v) is 19.0. The van der Waals surface area contributed by atoms with Gasteiger partial charge in [0.1, 0.15) is 12.1 Å². The second-order valence-electron chi connectivity index (χ2n) is 9.81. The number of amides is 3. The van der Waals surface area contributed by atoms with Crippen LogP contribution in [-0.2, 0) is 14.9 Å². The fraction of sp³-hybridized carbons (Fsp3) is 0.609. The number of ether oxygens (including phenoxy) is 1. The lowest BCUT2D eigenvalue weighted by Crippen LogP contribution is -2.49. The van der Waals surface area contributed by atoms with Crippen LogP contribution in [0.3, 0.4) is 0 Å². The van der Waals surface area contributed by atoms with Crippen molar-refractivity contribution in [2.75, 3.05) is 19.6 Å². The number of carbonyl (C=O) groups excluding carboxylic acids is 3. The molecule has 1 aromatic carbocycles. The molecule has 7 nitrogen and oxygen atoms in total. The third-order valence-electron chi connectivity index (χ3n) is 4.98. The summed E-state index contributed by atoms with van der Waals surface area (Å²) in [7, 11) is 0. The summed E-state index contributed by atoms with van der Waals surface area (Å²) >= 11 is 0. The zero-order chi connectivity index (χ0) is 22.5. The maximum atomic E-state index is 12.5. The second-order valence-corrected chi connectivity index (χ2v) is 9.81. The Morgan fingerprint density at radius 1 is 1.00 bits per heavy atom. The van der Waals surface area contributed by atoms with Gasteiger partial charge in [-0.15, -0.1) is 0 Å². The summed E-state index contributed by atoms with van der Waals surface area (Å²) in [5.41, 5.74) is 1.28. The number of hydrogen-bond donors (Lipinski definition) is 2. The molecule has 1 saturated heterocycles. The van der Waals surface area contributed by atoms with Gasteiger partial charge < -0.3 is 20.3 Å². The molecule has 1 aromatic rings. The molecule has 0 spiro atoms. The molecule has 3 amide bonds. The molecule has 0 aliphatic carbocycles. The van der Waals surface area contributed by atoms with Gasteiger partial charge in [-0.05, 0) is 56.7 Å². The minimum absolute atomic E-state index is 0.0302. The summed E-state index contributed by atoms with van der Waals surface area (Å²) in [6.45, 7) is 12.7. The molecule has 1 aliphatic rings. The zero-order valence-electron chi connectivity index (χ0n) is 19.0. The third kappa shape index (κ3) is 7.35. The number of nitrogens with one attached hydrogen (secondary N) is 2. The van der Waals surface area contributed by atoms with Crippen molar-refractivity contribution in [3.63, 3.8) is 0 Å². The number of hydrogen-bond acceptors (Lipinski definition) is 4. The Bertz CT molecular complexity index is 752. The largest absolute Gasteiger partial charge is 0.444 e. The molecule has 30 heavy (non-hydrogen) atoms. The quantitative estimate of drug-likeness (QED) is 0.787. The van der Waals surface area contributed by atoms with E-state index in [-0.39, 0.29) is 29.8 Å². The van der Waals surface area contributed by atoms with Crippen molar-refractivity contribution in [1.29, 1.82) is 0 Å². The van der Waals surface area contributed by atoms with E-state index < -0.39 is 11.7 Å². The Balaban J connectivity index is 1.76. The molecule has 0 bridgehead atoms. The molecule has 0 atom stereocenters. The molecule has 1 fully saturated rings. The number of alkyl carbamates (subject to hydrolysis) is 1. The Morgan fingerprint density at radius 3 is 2.07 bits per heavy atom. The van der Waals surface area contributed by atoms with Gasteiger partial charge in [0.2, 0.25) is 5.91 Å². The average molecular weight is 418 g/mol. The molecule has 7 heteroatoms. The van der Waals surface area contributed by atoms with E-state index in [0.29, 0.717) is 31.5 Å². The van der Waals surface area contributed by atoms with Crippen molar-refractivity contribution in [2.45, 2.75) is 71.4 Å². The molecule has 0 radical (unpaired) electrons. The number of benzene rings is 1. The maximum Gasteiger partial charge on any atom is 0.408 e. The molecule has 1 heterocycles. The van der Waals surface area contributed by atoms with E-state index in [1.54, 1.807) is 25.7 Å². The summed E-state index contributed by atoms with van der Waals surface area (Å²) < 4.78 is 5.14. The number of piperidine rings is 1. The number of nitrogens with zero attached hydrogens (tertiary/aromatic N) is 1. The highest BCUT2D eigenvalue weighted by Gasteiger charge is 2.25. The van der Waals surface area contributed by atoms with Crippen molar-refractivity contribution in [3.8, 4) is 0 Å². The highest BCUT2D eigenvalue weighted by molar-refractivity contribution is 5.94. The molecule has 166 valence electrons. The van der Waals surface area contributed by atoms with Crippen molar-refractivity contribution in [2.24, 2.45) is 0 Å². The van der Waals surface area contributed by atoms with Crippen LogP contribution in [0.2, 0.25) is 0 Å². The van der Waals surface area contributed by atoms with Crippen LogP contribution in [0.4, 0.5) is 4.79 Å². The lowest BCUT2D eigenvalue weighted by molar-refractivity contribution is -0.131. The Morgan fingerprint density at radius 2 is 1.57 bits per heavy atom. The van der Waals surface area contributed by atoms with Crippen LogP contribution < -0.4 is 10.6 Å². The monoisotopic (exact) mass is 417 g/mol. The van der Waals surface area contributed by atoms with Gasteiger partial charge in [0.25, 0.3) is 5.91 Å².